The monoisotopic (exact) mass is 646 g/mol. The fourth-order valence-corrected chi connectivity index (χ4v) is 5.26. The van der Waals surface area contributed by atoms with Crippen molar-refractivity contribution >= 4 is 10.1 Å². The minimum absolute atomic E-state index is 0.715. The first-order chi connectivity index (χ1) is 21.8. The Balaban J connectivity index is 0.00000187. The van der Waals surface area contributed by atoms with Gasteiger partial charge in [0, 0.05) is 51.0 Å². The summed E-state index contributed by atoms with van der Waals surface area (Å²) < 4.78 is 30.5. The topological polar surface area (TPSA) is 89.0 Å². The molecule has 0 saturated carbocycles. The summed E-state index contributed by atoms with van der Waals surface area (Å²) in [6.07, 6.45) is 36.2. The van der Waals surface area contributed by atoms with Crippen molar-refractivity contribution in [1.82, 2.24) is 9.13 Å². The van der Waals surface area contributed by atoms with Crippen molar-refractivity contribution in [3.8, 4) is 0 Å². The largest absolute Gasteiger partial charge is 0.354 e. The molecule has 7 nitrogen and oxygen atoms in total. The van der Waals surface area contributed by atoms with Crippen molar-refractivity contribution in [1.29, 1.82) is 0 Å². The van der Waals surface area contributed by atoms with Gasteiger partial charge in [-0.2, -0.15) is 8.42 Å². The molecule has 258 valence electrons. The predicted octanol–water partition coefficient (Wildman–Crippen LogP) is 9.14. The van der Waals surface area contributed by atoms with E-state index in [9.17, 15) is 8.42 Å². The number of unbranched alkanes of at least 4 members (excludes halogenated alkanes) is 17. The lowest BCUT2D eigenvalue weighted by molar-refractivity contribution is 0.490. The van der Waals surface area contributed by atoms with Gasteiger partial charge in [-0.05, 0) is 49.9 Å². The molecule has 45 heavy (non-hydrogen) atoms. The fourth-order valence-electron chi connectivity index (χ4n) is 5.26. The van der Waals surface area contributed by atoms with E-state index >= 15 is 0 Å². The van der Waals surface area contributed by atoms with Gasteiger partial charge in [0.2, 0.25) is 0 Å². The van der Waals surface area contributed by atoms with E-state index in [-0.39, 0.29) is 0 Å². The van der Waals surface area contributed by atoms with Gasteiger partial charge in [-0.15, -0.1) is 0 Å². The summed E-state index contributed by atoms with van der Waals surface area (Å²) in [6, 6.07) is 8.71. The van der Waals surface area contributed by atoms with E-state index in [1.54, 1.807) is 0 Å². The second-order valence-electron chi connectivity index (χ2n) is 12.4. The van der Waals surface area contributed by atoms with Crippen molar-refractivity contribution < 1.29 is 13.0 Å². The van der Waals surface area contributed by atoms with Crippen LogP contribution < -0.4 is 10.7 Å². The van der Waals surface area contributed by atoms with E-state index in [1.165, 1.54) is 128 Å². The summed E-state index contributed by atoms with van der Waals surface area (Å²) in [5.41, 5.74) is 0. The molecule has 0 aliphatic rings. The maximum absolute atomic E-state index is 9.19. The summed E-state index contributed by atoms with van der Waals surface area (Å²) >= 11 is 0. The summed E-state index contributed by atoms with van der Waals surface area (Å²) in [4.78, 5) is 9.48. The van der Waals surface area contributed by atoms with Gasteiger partial charge in [0.25, 0.3) is 10.1 Å². The number of hydrogen-bond donors (Lipinski definition) is 1. The molecule has 0 radical (unpaired) electrons. The minimum Gasteiger partial charge on any atom is -0.354 e. The first-order valence-electron chi connectivity index (χ1n) is 18.1. The second kappa shape index (κ2) is 28.1. The van der Waals surface area contributed by atoms with Crippen LogP contribution in [0.3, 0.4) is 0 Å². The van der Waals surface area contributed by atoms with Gasteiger partial charge in [-0.25, -0.2) is 0 Å². The Kier molecular flexibility index (Phi) is 25.5. The summed E-state index contributed by atoms with van der Waals surface area (Å²) in [5, 5.41) is 2.27. The van der Waals surface area contributed by atoms with Gasteiger partial charge < -0.3 is 9.13 Å². The third-order valence-corrected chi connectivity index (χ3v) is 7.94. The van der Waals surface area contributed by atoms with Crippen molar-refractivity contribution in [2.75, 3.05) is 19.3 Å². The molecule has 0 bridgehead atoms. The molecule has 2 rings (SSSR count). The molecule has 0 saturated heterocycles. The molecule has 2 heterocycles. The van der Waals surface area contributed by atoms with Crippen LogP contribution in [0, 0.1) is 0 Å². The molecule has 2 aromatic rings. The number of nitrogens with zero attached hydrogens (tertiary/aromatic N) is 4. The van der Waals surface area contributed by atoms with Gasteiger partial charge >= 0.3 is 0 Å². The van der Waals surface area contributed by atoms with Crippen molar-refractivity contribution in [3.05, 3.63) is 59.8 Å². The SMILES string of the molecule is CCCCCCCCN=c1ccn(CCCCCCCCCCn2ccc(=NCCCCCCCC)cc2)cc1.CS(=O)(=O)O. The maximum atomic E-state index is 9.19. The third kappa shape index (κ3) is 27.8. The van der Waals surface area contributed by atoms with Gasteiger partial charge in [0.15, 0.2) is 0 Å². The van der Waals surface area contributed by atoms with Crippen LogP contribution in [-0.4, -0.2) is 41.5 Å². The smallest absolute Gasteiger partial charge is 0.261 e. The Hall–Kier alpha value is -2.19. The van der Waals surface area contributed by atoms with Crippen molar-refractivity contribution in [2.24, 2.45) is 9.98 Å². The highest BCUT2D eigenvalue weighted by atomic mass is 32.2. The summed E-state index contributed by atoms with van der Waals surface area (Å²) in [7, 11) is -3.67. The van der Waals surface area contributed by atoms with E-state index in [0.717, 1.165) is 36.9 Å². The second-order valence-corrected chi connectivity index (χ2v) is 13.9. The lowest BCUT2D eigenvalue weighted by Crippen LogP contribution is -2.06. The van der Waals surface area contributed by atoms with Gasteiger partial charge in [0.05, 0.1) is 17.0 Å². The van der Waals surface area contributed by atoms with E-state index < -0.39 is 10.1 Å². The highest BCUT2D eigenvalue weighted by Gasteiger charge is 1.96. The average Bonchev–Trinajstić information content (AvgIpc) is 3.01. The Morgan fingerprint density at radius 1 is 0.511 bits per heavy atom. The van der Waals surface area contributed by atoms with Crippen LogP contribution in [0.5, 0.6) is 0 Å². The fraction of sp³-hybridized carbons (Fsp3) is 0.730. The number of aryl methyl sites for hydroxylation is 2. The zero-order valence-electron chi connectivity index (χ0n) is 29.1. The average molecular weight is 647 g/mol. The van der Waals surface area contributed by atoms with Crippen LogP contribution >= 0.6 is 0 Å². The molecule has 0 unspecified atom stereocenters. The minimum atomic E-state index is -3.67. The van der Waals surface area contributed by atoms with Crippen LogP contribution in [0.1, 0.15) is 142 Å². The van der Waals surface area contributed by atoms with Gasteiger partial charge in [-0.3, -0.25) is 14.5 Å². The van der Waals surface area contributed by atoms with Crippen LogP contribution in [0.25, 0.3) is 0 Å². The molecule has 1 N–H and O–H groups in total. The molecule has 8 heteroatoms. The zero-order valence-corrected chi connectivity index (χ0v) is 29.9. The Labute approximate surface area is 276 Å². The molecule has 0 aromatic carbocycles. The van der Waals surface area contributed by atoms with Crippen LogP contribution in [0.4, 0.5) is 0 Å². The van der Waals surface area contributed by atoms with E-state index in [1.807, 2.05) is 0 Å². The van der Waals surface area contributed by atoms with Gasteiger partial charge in [0.1, 0.15) is 0 Å². The van der Waals surface area contributed by atoms with E-state index in [4.69, 9.17) is 14.5 Å². The molecule has 0 amide bonds. The highest BCUT2D eigenvalue weighted by molar-refractivity contribution is 7.85. The van der Waals surface area contributed by atoms with Crippen LogP contribution in [0.15, 0.2) is 59.0 Å². The van der Waals surface area contributed by atoms with E-state index in [2.05, 4.69) is 72.0 Å². The standard InChI is InChI=1S/C36H62N4.CH4O3S/c1-3-5-7-9-15-19-27-37-35-23-31-39(32-24-35)29-21-17-13-11-12-14-18-22-30-40-33-25-36(26-34-40)38-28-20-16-10-8-6-4-2;1-5(2,3)4/h23-26,31-34H,3-22,27-30H2,1-2H3;1H3,(H,2,3,4). The van der Waals surface area contributed by atoms with Crippen LogP contribution in [-0.2, 0) is 23.2 Å². The normalized spacial score (nSPS) is 11.2. The first-order valence-corrected chi connectivity index (χ1v) is 19.9. The molecule has 2 aromatic heterocycles. The van der Waals surface area contributed by atoms with Gasteiger partial charge in [-0.1, -0.05) is 117 Å². The summed E-state index contributed by atoms with van der Waals surface area (Å²) in [5.74, 6) is 0. The number of pyridine rings is 2. The molecule has 0 spiro atoms. The summed E-state index contributed by atoms with van der Waals surface area (Å²) in [6.45, 7) is 8.74. The number of rotatable bonds is 25. The maximum Gasteiger partial charge on any atom is 0.261 e. The Morgan fingerprint density at radius 3 is 1.09 bits per heavy atom. The van der Waals surface area contributed by atoms with Crippen LogP contribution in [0.2, 0.25) is 0 Å². The lowest BCUT2D eigenvalue weighted by Gasteiger charge is -2.07. The van der Waals surface area contributed by atoms with E-state index in [0.29, 0.717) is 6.26 Å². The zero-order chi connectivity index (χ0) is 32.9. The number of hydrogen-bond acceptors (Lipinski definition) is 4. The molecule has 0 aliphatic carbocycles. The molecule has 0 atom stereocenters. The molecular weight excluding hydrogens is 580 g/mol. The highest BCUT2D eigenvalue weighted by Crippen LogP contribution is 2.10. The quantitative estimate of drug-likeness (QED) is 0.0862. The first kappa shape index (κ1) is 40.8. The predicted molar refractivity (Wildman–Crippen MR) is 191 cm³/mol. The third-order valence-electron chi connectivity index (χ3n) is 7.94. The molecular formula is C37H66N4O3S. The van der Waals surface area contributed by atoms with Crippen molar-refractivity contribution in [3.63, 3.8) is 0 Å². The Morgan fingerprint density at radius 2 is 0.778 bits per heavy atom. The lowest BCUT2D eigenvalue weighted by atomic mass is 10.1. The molecule has 0 aliphatic heterocycles. The van der Waals surface area contributed by atoms with Crippen molar-refractivity contribution in [2.45, 2.75) is 155 Å². The Bertz CT molecular complexity index is 1080. The molecule has 0 fully saturated rings. The number of aromatic nitrogens is 2.